The quantitative estimate of drug-likeness (QED) is 0.726. The van der Waals surface area contributed by atoms with Gasteiger partial charge in [-0.3, -0.25) is 9.59 Å². The molecule has 0 saturated carbocycles. The van der Waals surface area contributed by atoms with Crippen molar-refractivity contribution < 1.29 is 14.3 Å². The third kappa shape index (κ3) is 2.95. The lowest BCUT2D eigenvalue weighted by molar-refractivity contribution is -0.121. The first-order valence-electron chi connectivity index (χ1n) is 8.43. The predicted molar refractivity (Wildman–Crippen MR) is 102 cm³/mol. The molecule has 0 bridgehead atoms. The highest BCUT2D eigenvalue weighted by atomic mass is 79.9. The van der Waals surface area contributed by atoms with E-state index in [0.717, 1.165) is 10.0 Å². The number of hydrogen-bond donors (Lipinski definition) is 0. The molecule has 2 aliphatic heterocycles. The van der Waals surface area contributed by atoms with E-state index >= 15 is 0 Å². The van der Waals surface area contributed by atoms with E-state index < -0.39 is 0 Å². The molecule has 0 spiro atoms. The van der Waals surface area contributed by atoms with Crippen LogP contribution in [-0.2, 0) is 14.3 Å². The molecule has 2 aromatic carbocycles. The highest BCUT2D eigenvalue weighted by Gasteiger charge is 2.42. The maximum atomic E-state index is 13.3. The minimum Gasteiger partial charge on any atom is -0.378 e. The zero-order valence-corrected chi connectivity index (χ0v) is 15.6. The van der Waals surface area contributed by atoms with Gasteiger partial charge in [-0.05, 0) is 23.8 Å². The first kappa shape index (κ1) is 17.0. The Hall–Kier alpha value is -2.44. The van der Waals surface area contributed by atoms with E-state index in [1.807, 2.05) is 47.4 Å². The molecule has 1 saturated heterocycles. The molecule has 2 aliphatic rings. The molecule has 0 aromatic heterocycles. The summed E-state index contributed by atoms with van der Waals surface area (Å²) in [6.07, 6.45) is 0. The Morgan fingerprint density at radius 1 is 0.885 bits per heavy atom. The first-order valence-corrected chi connectivity index (χ1v) is 9.23. The van der Waals surface area contributed by atoms with Gasteiger partial charge in [0.25, 0.3) is 11.8 Å². The molecule has 0 unspecified atom stereocenters. The summed E-state index contributed by atoms with van der Waals surface area (Å²) in [5, 5.41) is 0. The molecule has 0 atom stereocenters. The van der Waals surface area contributed by atoms with Crippen LogP contribution in [0.25, 0.3) is 5.57 Å². The van der Waals surface area contributed by atoms with Crippen LogP contribution in [-0.4, -0.2) is 43.0 Å². The summed E-state index contributed by atoms with van der Waals surface area (Å²) in [6, 6.07) is 16.6. The number of amides is 2. The fourth-order valence-electron chi connectivity index (χ4n) is 3.31. The first-order chi connectivity index (χ1) is 12.7. The van der Waals surface area contributed by atoms with Crippen LogP contribution >= 0.6 is 15.9 Å². The maximum Gasteiger partial charge on any atom is 0.282 e. The average molecular weight is 413 g/mol. The second-order valence-corrected chi connectivity index (χ2v) is 7.03. The number of halogens is 1. The van der Waals surface area contributed by atoms with Gasteiger partial charge in [0.05, 0.1) is 24.5 Å². The molecule has 132 valence electrons. The Bertz CT molecular complexity index is 889. The van der Waals surface area contributed by atoms with Crippen LogP contribution in [0.15, 0.2) is 64.8 Å². The standard InChI is InChI=1S/C20H17BrN2O3/c21-15-7-4-8-16(13-15)23-19(24)17(14-5-2-1-3-6-14)18(20(23)25)22-9-11-26-12-10-22/h1-8,13H,9-12H2. The van der Waals surface area contributed by atoms with Crippen molar-refractivity contribution in [3.05, 3.63) is 70.3 Å². The monoisotopic (exact) mass is 412 g/mol. The van der Waals surface area contributed by atoms with Crippen LogP contribution in [0.1, 0.15) is 5.56 Å². The summed E-state index contributed by atoms with van der Waals surface area (Å²) in [5.74, 6) is -0.574. The van der Waals surface area contributed by atoms with Crippen molar-refractivity contribution in [3.8, 4) is 0 Å². The Kier molecular flexibility index (Phi) is 4.61. The molecular weight excluding hydrogens is 396 g/mol. The van der Waals surface area contributed by atoms with E-state index in [2.05, 4.69) is 15.9 Å². The second-order valence-electron chi connectivity index (χ2n) is 6.11. The third-order valence-electron chi connectivity index (χ3n) is 4.52. The van der Waals surface area contributed by atoms with Gasteiger partial charge in [0, 0.05) is 17.6 Å². The lowest BCUT2D eigenvalue weighted by Crippen LogP contribution is -2.40. The van der Waals surface area contributed by atoms with Crippen LogP contribution in [0.4, 0.5) is 5.69 Å². The van der Waals surface area contributed by atoms with Crippen molar-refractivity contribution in [2.75, 3.05) is 31.2 Å². The fourth-order valence-corrected chi connectivity index (χ4v) is 3.70. The Morgan fingerprint density at radius 2 is 1.62 bits per heavy atom. The number of benzene rings is 2. The molecule has 2 heterocycles. The molecule has 6 heteroatoms. The van der Waals surface area contributed by atoms with E-state index in [-0.39, 0.29) is 11.8 Å². The molecule has 2 amide bonds. The van der Waals surface area contributed by atoms with Crippen molar-refractivity contribution in [2.45, 2.75) is 0 Å². The van der Waals surface area contributed by atoms with E-state index in [4.69, 9.17) is 4.74 Å². The second kappa shape index (κ2) is 7.05. The SMILES string of the molecule is O=C1C(c2ccccc2)=C(N2CCOCC2)C(=O)N1c1cccc(Br)c1. The van der Waals surface area contributed by atoms with E-state index in [9.17, 15) is 9.59 Å². The predicted octanol–water partition coefficient (Wildman–Crippen LogP) is 3.07. The van der Waals surface area contributed by atoms with Crippen molar-refractivity contribution in [1.29, 1.82) is 0 Å². The lowest BCUT2D eigenvalue weighted by Gasteiger charge is -2.29. The number of hydrogen-bond acceptors (Lipinski definition) is 4. The molecule has 0 N–H and O–H groups in total. The van der Waals surface area contributed by atoms with Crippen LogP contribution < -0.4 is 4.90 Å². The number of ether oxygens (including phenoxy) is 1. The van der Waals surface area contributed by atoms with Crippen molar-refractivity contribution in [2.24, 2.45) is 0 Å². The minimum atomic E-state index is -0.291. The molecule has 2 aromatic rings. The van der Waals surface area contributed by atoms with Gasteiger partial charge in [0.1, 0.15) is 5.70 Å². The molecule has 26 heavy (non-hydrogen) atoms. The van der Waals surface area contributed by atoms with Crippen molar-refractivity contribution >= 4 is 39.0 Å². The van der Waals surface area contributed by atoms with Gasteiger partial charge >= 0.3 is 0 Å². The van der Waals surface area contributed by atoms with Crippen LogP contribution in [0.2, 0.25) is 0 Å². The smallest absolute Gasteiger partial charge is 0.282 e. The Labute approximate surface area is 160 Å². The molecule has 0 radical (unpaired) electrons. The van der Waals surface area contributed by atoms with Gasteiger partial charge in [-0.2, -0.15) is 0 Å². The number of rotatable bonds is 3. The topological polar surface area (TPSA) is 49.9 Å². The van der Waals surface area contributed by atoms with E-state index in [0.29, 0.717) is 43.3 Å². The normalized spacial score (nSPS) is 18.0. The summed E-state index contributed by atoms with van der Waals surface area (Å²) in [4.78, 5) is 29.7. The van der Waals surface area contributed by atoms with Gasteiger partial charge in [-0.1, -0.05) is 52.3 Å². The van der Waals surface area contributed by atoms with Crippen molar-refractivity contribution in [3.63, 3.8) is 0 Å². The maximum absolute atomic E-state index is 13.3. The van der Waals surface area contributed by atoms with Gasteiger partial charge in [0.2, 0.25) is 0 Å². The molecule has 4 rings (SSSR count). The minimum absolute atomic E-state index is 0.283. The van der Waals surface area contributed by atoms with Crippen LogP contribution in [0.5, 0.6) is 0 Å². The molecule has 1 fully saturated rings. The molecule has 0 aliphatic carbocycles. The van der Waals surface area contributed by atoms with Crippen molar-refractivity contribution in [1.82, 2.24) is 4.90 Å². The number of imide groups is 1. The zero-order valence-electron chi connectivity index (χ0n) is 14.0. The summed E-state index contributed by atoms with van der Waals surface area (Å²) < 4.78 is 6.23. The van der Waals surface area contributed by atoms with E-state index in [1.165, 1.54) is 4.90 Å². The fraction of sp³-hybridized carbons (Fsp3) is 0.200. The largest absolute Gasteiger partial charge is 0.378 e. The number of carbonyl (C=O) groups is 2. The highest BCUT2D eigenvalue weighted by Crippen LogP contribution is 2.35. The average Bonchev–Trinajstić information content (AvgIpc) is 2.93. The Balaban J connectivity index is 1.83. The van der Waals surface area contributed by atoms with Gasteiger partial charge in [0.15, 0.2) is 0 Å². The summed E-state index contributed by atoms with van der Waals surface area (Å²) in [5.41, 5.74) is 2.23. The summed E-state index contributed by atoms with van der Waals surface area (Å²) in [6.45, 7) is 2.28. The number of nitrogens with zero attached hydrogens (tertiary/aromatic N) is 2. The summed E-state index contributed by atoms with van der Waals surface area (Å²) in [7, 11) is 0. The van der Waals surface area contributed by atoms with Crippen LogP contribution in [0.3, 0.4) is 0 Å². The number of carbonyl (C=O) groups excluding carboxylic acids is 2. The Morgan fingerprint density at radius 3 is 2.31 bits per heavy atom. The number of morpholine rings is 1. The molecule has 5 nitrogen and oxygen atoms in total. The van der Waals surface area contributed by atoms with Gasteiger partial charge < -0.3 is 9.64 Å². The highest BCUT2D eigenvalue weighted by molar-refractivity contribution is 9.10. The lowest BCUT2D eigenvalue weighted by atomic mass is 10.0. The van der Waals surface area contributed by atoms with E-state index in [1.54, 1.807) is 12.1 Å². The van der Waals surface area contributed by atoms with Crippen LogP contribution in [0, 0.1) is 0 Å². The van der Waals surface area contributed by atoms with Gasteiger partial charge in [-0.25, -0.2) is 4.90 Å². The summed E-state index contributed by atoms with van der Waals surface area (Å²) >= 11 is 3.41. The zero-order chi connectivity index (χ0) is 18.1. The number of anilines is 1. The molecular formula is C20H17BrN2O3. The van der Waals surface area contributed by atoms with Gasteiger partial charge in [-0.15, -0.1) is 0 Å². The third-order valence-corrected chi connectivity index (χ3v) is 5.01.